The zero-order valence-electron chi connectivity index (χ0n) is 12.3. The summed E-state index contributed by atoms with van der Waals surface area (Å²) in [6.07, 6.45) is 0.777. The van der Waals surface area contributed by atoms with Crippen LogP contribution in [0.5, 0.6) is 5.75 Å². The minimum Gasteiger partial charge on any atom is -0.495 e. The van der Waals surface area contributed by atoms with Gasteiger partial charge in [-0.2, -0.15) is 0 Å². The minimum atomic E-state index is -0.311. The number of benzene rings is 2. The second kappa shape index (κ2) is 5.81. The van der Waals surface area contributed by atoms with Crippen LogP contribution in [-0.2, 0) is 6.42 Å². The first-order valence-electron chi connectivity index (χ1n) is 6.94. The van der Waals surface area contributed by atoms with Crippen LogP contribution in [0.4, 0.5) is 21.9 Å². The molecule has 1 aliphatic heterocycles. The Hall–Kier alpha value is -2.95. The molecule has 22 heavy (non-hydrogen) atoms. The number of ether oxygens (including phenoxy) is 1. The van der Waals surface area contributed by atoms with Crippen LogP contribution in [0.1, 0.15) is 5.56 Å². The Morgan fingerprint density at radius 3 is 2.86 bits per heavy atom. The molecule has 2 aromatic rings. The van der Waals surface area contributed by atoms with E-state index in [1.165, 1.54) is 0 Å². The summed E-state index contributed by atoms with van der Waals surface area (Å²) in [5.74, 6) is 0.618. The number of anilines is 3. The molecule has 0 aromatic heterocycles. The fourth-order valence-electron chi connectivity index (χ4n) is 2.44. The first-order chi connectivity index (χ1) is 10.7. The van der Waals surface area contributed by atoms with Crippen molar-refractivity contribution >= 4 is 23.1 Å². The lowest BCUT2D eigenvalue weighted by atomic mass is 10.1. The van der Waals surface area contributed by atoms with Crippen molar-refractivity contribution in [1.82, 2.24) is 0 Å². The molecule has 112 valence electrons. The lowest BCUT2D eigenvalue weighted by molar-refractivity contribution is 0.262. The van der Waals surface area contributed by atoms with Crippen molar-refractivity contribution in [3.8, 4) is 5.75 Å². The standard InChI is InChI=1S/C17H17N3O2/c1-11-9-12-10-13(7-8-14(12)18-11)19-17(21)20-15-5-3-4-6-16(15)22-2/h3-8,10,18H,1,9H2,2H3,(H2,19,20,21). The number of allylic oxidation sites excluding steroid dienone is 1. The van der Waals surface area contributed by atoms with Gasteiger partial charge < -0.3 is 20.7 Å². The van der Waals surface area contributed by atoms with Crippen molar-refractivity contribution < 1.29 is 9.53 Å². The molecule has 0 atom stereocenters. The molecule has 1 aliphatic rings. The molecule has 0 aliphatic carbocycles. The quantitative estimate of drug-likeness (QED) is 0.806. The largest absolute Gasteiger partial charge is 0.495 e. The third kappa shape index (κ3) is 2.88. The fourth-order valence-corrected chi connectivity index (χ4v) is 2.44. The van der Waals surface area contributed by atoms with Crippen LogP contribution >= 0.6 is 0 Å². The molecule has 0 unspecified atom stereocenters. The third-order valence-corrected chi connectivity index (χ3v) is 3.43. The maximum atomic E-state index is 12.1. The predicted octanol–water partition coefficient (Wildman–Crippen LogP) is 3.82. The highest BCUT2D eigenvalue weighted by Gasteiger charge is 2.14. The molecule has 0 saturated heterocycles. The first kappa shape index (κ1) is 14.0. The number of methoxy groups -OCH3 is 1. The van der Waals surface area contributed by atoms with Crippen LogP contribution in [-0.4, -0.2) is 13.1 Å². The number of carbonyl (C=O) groups excluding carboxylic acids is 1. The predicted molar refractivity (Wildman–Crippen MR) is 88.5 cm³/mol. The summed E-state index contributed by atoms with van der Waals surface area (Å²) < 4.78 is 5.21. The second-order valence-corrected chi connectivity index (χ2v) is 5.06. The van der Waals surface area contributed by atoms with Crippen LogP contribution in [0, 0.1) is 0 Å². The average molecular weight is 295 g/mol. The van der Waals surface area contributed by atoms with E-state index in [2.05, 4.69) is 22.5 Å². The Morgan fingerprint density at radius 2 is 2.05 bits per heavy atom. The summed E-state index contributed by atoms with van der Waals surface area (Å²) in [6.45, 7) is 3.91. The van der Waals surface area contributed by atoms with Gasteiger partial charge in [-0.1, -0.05) is 18.7 Å². The van der Waals surface area contributed by atoms with E-state index in [1.54, 1.807) is 19.2 Å². The van der Waals surface area contributed by atoms with Gasteiger partial charge in [0.2, 0.25) is 0 Å². The fraction of sp³-hybridized carbons (Fsp3) is 0.118. The van der Waals surface area contributed by atoms with Crippen LogP contribution in [0.25, 0.3) is 0 Å². The molecule has 0 saturated carbocycles. The molecule has 2 amide bonds. The van der Waals surface area contributed by atoms with E-state index in [-0.39, 0.29) is 6.03 Å². The molecule has 1 heterocycles. The molecule has 2 aromatic carbocycles. The SMILES string of the molecule is C=C1Cc2cc(NC(=O)Nc3ccccc3OC)ccc2N1. The van der Waals surface area contributed by atoms with Crippen LogP contribution in [0.2, 0.25) is 0 Å². The molecule has 0 radical (unpaired) electrons. The average Bonchev–Trinajstić information content (AvgIpc) is 2.87. The summed E-state index contributed by atoms with van der Waals surface area (Å²) in [5, 5.41) is 8.79. The van der Waals surface area contributed by atoms with Crippen molar-refractivity contribution in [2.45, 2.75) is 6.42 Å². The van der Waals surface area contributed by atoms with Crippen molar-refractivity contribution in [2.24, 2.45) is 0 Å². The zero-order valence-corrected chi connectivity index (χ0v) is 12.3. The lowest BCUT2D eigenvalue weighted by Gasteiger charge is -2.11. The van der Waals surface area contributed by atoms with Gasteiger partial charge in [-0.15, -0.1) is 0 Å². The Labute approximate surface area is 129 Å². The smallest absolute Gasteiger partial charge is 0.323 e. The normalized spacial score (nSPS) is 12.3. The molecule has 5 heteroatoms. The van der Waals surface area contributed by atoms with E-state index in [0.717, 1.165) is 29.1 Å². The summed E-state index contributed by atoms with van der Waals surface area (Å²) in [7, 11) is 1.57. The number of amides is 2. The van der Waals surface area contributed by atoms with E-state index in [1.807, 2.05) is 30.3 Å². The highest BCUT2D eigenvalue weighted by molar-refractivity contribution is 6.00. The Kier molecular flexibility index (Phi) is 3.70. The van der Waals surface area contributed by atoms with Gasteiger partial charge in [0.25, 0.3) is 0 Å². The number of rotatable bonds is 3. The van der Waals surface area contributed by atoms with Crippen LogP contribution in [0.15, 0.2) is 54.7 Å². The summed E-state index contributed by atoms with van der Waals surface area (Å²) in [6, 6.07) is 12.7. The highest BCUT2D eigenvalue weighted by Crippen LogP contribution is 2.29. The van der Waals surface area contributed by atoms with Gasteiger partial charge in [0.05, 0.1) is 12.8 Å². The molecule has 3 N–H and O–H groups in total. The Balaban J connectivity index is 1.70. The molecule has 0 fully saturated rings. The molecule has 5 nitrogen and oxygen atoms in total. The molecular formula is C17H17N3O2. The van der Waals surface area contributed by atoms with Crippen molar-refractivity contribution in [3.63, 3.8) is 0 Å². The van der Waals surface area contributed by atoms with E-state index >= 15 is 0 Å². The maximum Gasteiger partial charge on any atom is 0.323 e. The number of nitrogens with one attached hydrogen (secondary N) is 3. The minimum absolute atomic E-state index is 0.311. The maximum absolute atomic E-state index is 12.1. The summed E-state index contributed by atoms with van der Waals surface area (Å²) in [4.78, 5) is 12.1. The number of urea groups is 1. The monoisotopic (exact) mass is 295 g/mol. The van der Waals surface area contributed by atoms with Gasteiger partial charge in [-0.05, 0) is 35.9 Å². The van der Waals surface area contributed by atoms with E-state index < -0.39 is 0 Å². The summed E-state index contributed by atoms with van der Waals surface area (Å²) in [5.41, 5.74) is 4.49. The van der Waals surface area contributed by atoms with Crippen molar-refractivity contribution in [1.29, 1.82) is 0 Å². The van der Waals surface area contributed by atoms with Gasteiger partial charge in [-0.25, -0.2) is 4.79 Å². The number of fused-ring (bicyclic) bond motifs is 1. The Bertz CT molecular complexity index is 740. The highest BCUT2D eigenvalue weighted by atomic mass is 16.5. The van der Waals surface area contributed by atoms with Gasteiger partial charge >= 0.3 is 6.03 Å². The van der Waals surface area contributed by atoms with E-state index in [4.69, 9.17) is 4.74 Å². The van der Waals surface area contributed by atoms with Gasteiger partial charge in [-0.3, -0.25) is 0 Å². The molecule has 0 spiro atoms. The van der Waals surface area contributed by atoms with Crippen molar-refractivity contribution in [3.05, 3.63) is 60.3 Å². The van der Waals surface area contributed by atoms with E-state index in [0.29, 0.717) is 11.4 Å². The topological polar surface area (TPSA) is 62.4 Å². The van der Waals surface area contributed by atoms with Crippen LogP contribution < -0.4 is 20.7 Å². The van der Waals surface area contributed by atoms with Gasteiger partial charge in [0.1, 0.15) is 5.75 Å². The molecule has 3 rings (SSSR count). The first-order valence-corrected chi connectivity index (χ1v) is 6.94. The second-order valence-electron chi connectivity index (χ2n) is 5.06. The van der Waals surface area contributed by atoms with Crippen molar-refractivity contribution in [2.75, 3.05) is 23.1 Å². The van der Waals surface area contributed by atoms with Crippen LogP contribution in [0.3, 0.4) is 0 Å². The Morgan fingerprint density at radius 1 is 1.23 bits per heavy atom. The summed E-state index contributed by atoms with van der Waals surface area (Å²) >= 11 is 0. The number of hydrogen-bond acceptors (Lipinski definition) is 3. The molecule has 0 bridgehead atoms. The lowest BCUT2D eigenvalue weighted by Crippen LogP contribution is -2.19. The number of carbonyl (C=O) groups is 1. The number of para-hydroxylation sites is 2. The zero-order chi connectivity index (χ0) is 15.5. The third-order valence-electron chi connectivity index (χ3n) is 3.43. The molecular weight excluding hydrogens is 278 g/mol. The van der Waals surface area contributed by atoms with E-state index in [9.17, 15) is 4.79 Å². The van der Waals surface area contributed by atoms with Gasteiger partial charge in [0.15, 0.2) is 0 Å². The van der Waals surface area contributed by atoms with Gasteiger partial charge in [0, 0.05) is 23.5 Å². The number of hydrogen-bond donors (Lipinski definition) is 3.